The number of fused-ring (bicyclic) bond motifs is 1. The van der Waals surface area contributed by atoms with Crippen LogP contribution in [-0.2, 0) is 11.3 Å². The third kappa shape index (κ3) is 4.72. The standard InChI is InChI=1S/C19H23N5O5/c1-5-24(10-18(25)21-16-6-11(2)29-23-16)9-17-20-13-8-15(28-4)14(27-3)7-12(13)19(26)22-17/h6-8H,5,9-10H2,1-4H3,(H,20,22,26)(H,21,23,25)/p+1. The van der Waals surface area contributed by atoms with Crippen molar-refractivity contribution in [2.45, 2.75) is 20.4 Å². The number of quaternary nitrogens is 1. The number of aryl methyl sites for hydroxylation is 1. The number of ether oxygens (including phenoxy) is 2. The van der Waals surface area contributed by atoms with Gasteiger partial charge in [-0.05, 0) is 19.9 Å². The number of hydrogen-bond acceptors (Lipinski definition) is 7. The zero-order valence-electron chi connectivity index (χ0n) is 16.8. The van der Waals surface area contributed by atoms with Gasteiger partial charge in [0.1, 0.15) is 12.3 Å². The first kappa shape index (κ1) is 20.3. The van der Waals surface area contributed by atoms with Gasteiger partial charge in [0.25, 0.3) is 11.5 Å². The van der Waals surface area contributed by atoms with E-state index in [1.165, 1.54) is 14.2 Å². The molecule has 29 heavy (non-hydrogen) atoms. The summed E-state index contributed by atoms with van der Waals surface area (Å²) in [6, 6.07) is 4.91. The van der Waals surface area contributed by atoms with Crippen molar-refractivity contribution >= 4 is 22.6 Å². The van der Waals surface area contributed by atoms with Crippen molar-refractivity contribution < 1.29 is 23.7 Å². The number of likely N-dealkylation sites (N-methyl/N-ethyl adjacent to an activating group) is 1. The lowest BCUT2D eigenvalue weighted by Gasteiger charge is -2.16. The Kier molecular flexibility index (Phi) is 6.13. The first-order valence-electron chi connectivity index (χ1n) is 9.15. The summed E-state index contributed by atoms with van der Waals surface area (Å²) in [5.41, 5.74) is 0.225. The summed E-state index contributed by atoms with van der Waals surface area (Å²) in [4.78, 5) is 33.0. The third-order valence-electron chi connectivity index (χ3n) is 4.48. The number of H-pyrrole nitrogens is 1. The minimum absolute atomic E-state index is 0.191. The number of nitrogens with zero attached hydrogens (tertiary/aromatic N) is 2. The number of rotatable bonds is 8. The Hall–Kier alpha value is -3.40. The number of benzene rings is 1. The summed E-state index contributed by atoms with van der Waals surface area (Å²) in [5.74, 6) is 2.22. The molecule has 0 aliphatic heterocycles. The van der Waals surface area contributed by atoms with Crippen LogP contribution in [-0.4, -0.2) is 48.3 Å². The van der Waals surface area contributed by atoms with Crippen molar-refractivity contribution in [3.63, 3.8) is 0 Å². The Balaban J connectivity index is 1.78. The summed E-state index contributed by atoms with van der Waals surface area (Å²) in [6.07, 6.45) is 0. The van der Waals surface area contributed by atoms with Crippen LogP contribution in [0.4, 0.5) is 5.82 Å². The molecule has 0 radical (unpaired) electrons. The number of methoxy groups -OCH3 is 2. The normalized spacial score (nSPS) is 12.0. The number of aromatic amines is 1. The maximum Gasteiger partial charge on any atom is 0.280 e. The van der Waals surface area contributed by atoms with Gasteiger partial charge in [0, 0.05) is 12.1 Å². The van der Waals surface area contributed by atoms with Crippen LogP contribution in [0, 0.1) is 6.92 Å². The fraction of sp³-hybridized carbons (Fsp3) is 0.368. The Morgan fingerprint density at radius 1 is 1.24 bits per heavy atom. The molecule has 10 nitrogen and oxygen atoms in total. The van der Waals surface area contributed by atoms with Crippen LogP contribution in [0.5, 0.6) is 11.5 Å². The minimum atomic E-state index is -0.274. The van der Waals surface area contributed by atoms with E-state index >= 15 is 0 Å². The molecule has 3 rings (SSSR count). The van der Waals surface area contributed by atoms with Gasteiger partial charge in [0.05, 0.1) is 31.7 Å². The quantitative estimate of drug-likeness (QED) is 0.494. The minimum Gasteiger partial charge on any atom is -0.493 e. The zero-order valence-corrected chi connectivity index (χ0v) is 16.8. The lowest BCUT2D eigenvalue weighted by atomic mass is 10.2. The second-order valence-corrected chi connectivity index (χ2v) is 6.57. The van der Waals surface area contributed by atoms with E-state index in [4.69, 9.17) is 14.0 Å². The molecule has 0 saturated heterocycles. The summed E-state index contributed by atoms with van der Waals surface area (Å²) in [6.45, 7) is 4.94. The monoisotopic (exact) mass is 402 g/mol. The third-order valence-corrected chi connectivity index (χ3v) is 4.48. The van der Waals surface area contributed by atoms with Crippen LogP contribution < -0.4 is 25.2 Å². The molecule has 0 bridgehead atoms. The number of amides is 1. The second kappa shape index (κ2) is 8.74. The summed E-state index contributed by atoms with van der Waals surface area (Å²) in [7, 11) is 3.03. The van der Waals surface area contributed by atoms with E-state index in [0.29, 0.717) is 52.9 Å². The van der Waals surface area contributed by atoms with E-state index < -0.39 is 0 Å². The van der Waals surface area contributed by atoms with Crippen LogP contribution in [0.1, 0.15) is 18.5 Å². The molecule has 154 valence electrons. The van der Waals surface area contributed by atoms with Crippen molar-refractivity contribution in [3.05, 3.63) is 40.1 Å². The molecule has 1 aromatic carbocycles. The van der Waals surface area contributed by atoms with E-state index in [1.807, 2.05) is 6.92 Å². The molecule has 1 atom stereocenters. The molecule has 2 aromatic heterocycles. The van der Waals surface area contributed by atoms with Gasteiger partial charge in [0.15, 0.2) is 29.7 Å². The first-order valence-corrected chi connectivity index (χ1v) is 9.15. The van der Waals surface area contributed by atoms with Gasteiger partial charge in [-0.2, -0.15) is 0 Å². The largest absolute Gasteiger partial charge is 0.493 e. The van der Waals surface area contributed by atoms with Crippen LogP contribution in [0.2, 0.25) is 0 Å². The number of carbonyl (C=O) groups excluding carboxylic acids is 1. The molecule has 0 aliphatic carbocycles. The van der Waals surface area contributed by atoms with Gasteiger partial charge in [-0.3, -0.25) is 9.59 Å². The lowest BCUT2D eigenvalue weighted by molar-refractivity contribution is -0.904. The van der Waals surface area contributed by atoms with E-state index in [9.17, 15) is 9.59 Å². The number of aromatic nitrogens is 3. The first-order chi connectivity index (χ1) is 13.9. The smallest absolute Gasteiger partial charge is 0.280 e. The predicted octanol–water partition coefficient (Wildman–Crippen LogP) is 0.280. The number of nitrogens with one attached hydrogen (secondary N) is 3. The fourth-order valence-electron chi connectivity index (χ4n) is 2.99. The second-order valence-electron chi connectivity index (χ2n) is 6.57. The molecule has 2 heterocycles. The number of carbonyl (C=O) groups is 1. The van der Waals surface area contributed by atoms with Crippen LogP contribution >= 0.6 is 0 Å². The van der Waals surface area contributed by atoms with Crippen LogP contribution in [0.3, 0.4) is 0 Å². The van der Waals surface area contributed by atoms with E-state index in [1.54, 1.807) is 25.1 Å². The molecule has 10 heteroatoms. The Morgan fingerprint density at radius 3 is 2.59 bits per heavy atom. The Labute approximate surface area is 166 Å². The average molecular weight is 402 g/mol. The highest BCUT2D eigenvalue weighted by atomic mass is 16.5. The highest BCUT2D eigenvalue weighted by Gasteiger charge is 2.17. The van der Waals surface area contributed by atoms with Crippen LogP contribution in [0.15, 0.2) is 27.5 Å². The van der Waals surface area contributed by atoms with Crippen molar-refractivity contribution in [1.82, 2.24) is 15.1 Å². The summed E-state index contributed by atoms with van der Waals surface area (Å²) < 4.78 is 15.5. The zero-order chi connectivity index (χ0) is 21.0. The van der Waals surface area contributed by atoms with Crippen LogP contribution in [0.25, 0.3) is 10.9 Å². The maximum atomic E-state index is 12.5. The average Bonchev–Trinajstić information content (AvgIpc) is 3.10. The molecular weight excluding hydrogens is 378 g/mol. The van der Waals surface area contributed by atoms with E-state index in [-0.39, 0.29) is 18.0 Å². The molecule has 1 amide bonds. The van der Waals surface area contributed by atoms with Crippen molar-refractivity contribution in [3.8, 4) is 11.5 Å². The SMILES string of the molecule is CC[NH+](CC(=O)Nc1cc(C)on1)Cc1nc2cc(OC)c(OC)cc2c(=O)[nH]1. The van der Waals surface area contributed by atoms with E-state index in [2.05, 4.69) is 20.4 Å². The summed E-state index contributed by atoms with van der Waals surface area (Å²) in [5, 5.41) is 6.85. The molecule has 0 fully saturated rings. The van der Waals surface area contributed by atoms with E-state index in [0.717, 1.165) is 4.90 Å². The fourth-order valence-corrected chi connectivity index (χ4v) is 2.99. The van der Waals surface area contributed by atoms with Gasteiger partial charge < -0.3 is 29.2 Å². The van der Waals surface area contributed by atoms with Crippen molar-refractivity contribution in [1.29, 1.82) is 0 Å². The number of hydrogen-bond donors (Lipinski definition) is 3. The van der Waals surface area contributed by atoms with Gasteiger partial charge in [-0.25, -0.2) is 4.98 Å². The molecule has 0 aliphatic rings. The van der Waals surface area contributed by atoms with Gasteiger partial charge >= 0.3 is 0 Å². The molecular formula is C19H24N5O5+. The molecule has 3 N–H and O–H groups in total. The molecule has 0 spiro atoms. The lowest BCUT2D eigenvalue weighted by Crippen LogP contribution is -3.11. The summed E-state index contributed by atoms with van der Waals surface area (Å²) >= 11 is 0. The Bertz CT molecular complexity index is 1070. The van der Waals surface area contributed by atoms with Gasteiger partial charge in [-0.15, -0.1) is 0 Å². The highest BCUT2D eigenvalue weighted by molar-refractivity contribution is 5.90. The molecule has 1 unspecified atom stereocenters. The Morgan fingerprint density at radius 2 is 1.97 bits per heavy atom. The number of anilines is 1. The molecule has 3 aromatic rings. The highest BCUT2D eigenvalue weighted by Crippen LogP contribution is 2.29. The molecule has 0 saturated carbocycles. The van der Waals surface area contributed by atoms with Crippen molar-refractivity contribution in [2.24, 2.45) is 0 Å². The predicted molar refractivity (Wildman–Crippen MR) is 105 cm³/mol. The topological polar surface area (TPSA) is 124 Å². The maximum absolute atomic E-state index is 12.5. The van der Waals surface area contributed by atoms with Gasteiger partial charge in [-0.1, -0.05) is 5.16 Å². The van der Waals surface area contributed by atoms with Gasteiger partial charge in [0.2, 0.25) is 0 Å². The van der Waals surface area contributed by atoms with Crippen molar-refractivity contribution in [2.75, 3.05) is 32.6 Å².